The van der Waals surface area contributed by atoms with Gasteiger partial charge in [0, 0.05) is 25.2 Å². The Kier molecular flexibility index (Phi) is 3.51. The number of hydrogen-bond acceptors (Lipinski definition) is 4. The van der Waals surface area contributed by atoms with Crippen molar-refractivity contribution in [2.45, 2.75) is 37.8 Å². The van der Waals surface area contributed by atoms with Crippen LogP contribution in [0.4, 0.5) is 4.79 Å². The molecular formula is C14H20N2O5. The minimum atomic E-state index is -0.811. The number of likely N-dealkylation sites (tertiary alicyclic amines) is 1. The Morgan fingerprint density at radius 3 is 2.57 bits per heavy atom. The third-order valence-corrected chi connectivity index (χ3v) is 5.07. The molecule has 21 heavy (non-hydrogen) atoms. The second-order valence-corrected chi connectivity index (χ2v) is 6.12. The van der Waals surface area contributed by atoms with E-state index < -0.39 is 11.9 Å². The molecule has 4 atom stereocenters. The summed E-state index contributed by atoms with van der Waals surface area (Å²) in [6.45, 7) is 0.908. The van der Waals surface area contributed by atoms with Gasteiger partial charge in [0.15, 0.2) is 0 Å². The molecule has 3 fully saturated rings. The fourth-order valence-electron chi connectivity index (χ4n) is 4.01. The summed E-state index contributed by atoms with van der Waals surface area (Å²) in [6, 6.07) is -0.254. The first-order valence-electron chi connectivity index (χ1n) is 7.40. The second kappa shape index (κ2) is 5.20. The zero-order valence-electron chi connectivity index (χ0n) is 12.0. The summed E-state index contributed by atoms with van der Waals surface area (Å²) < 4.78 is 4.72. The van der Waals surface area contributed by atoms with E-state index in [0.29, 0.717) is 25.9 Å². The van der Waals surface area contributed by atoms with Crippen LogP contribution in [0.25, 0.3) is 0 Å². The molecule has 4 unspecified atom stereocenters. The van der Waals surface area contributed by atoms with Gasteiger partial charge < -0.3 is 19.6 Å². The minimum absolute atomic E-state index is 0.0424. The molecule has 7 nitrogen and oxygen atoms in total. The highest BCUT2D eigenvalue weighted by Crippen LogP contribution is 2.42. The fourth-order valence-corrected chi connectivity index (χ4v) is 4.01. The van der Waals surface area contributed by atoms with Crippen molar-refractivity contribution in [2.24, 2.45) is 11.8 Å². The zero-order valence-corrected chi connectivity index (χ0v) is 12.0. The molecule has 7 heteroatoms. The lowest BCUT2D eigenvalue weighted by Crippen LogP contribution is -2.46. The number of methoxy groups -OCH3 is 1. The van der Waals surface area contributed by atoms with Crippen molar-refractivity contribution in [2.75, 3.05) is 20.2 Å². The third-order valence-electron chi connectivity index (χ3n) is 5.07. The maximum Gasteiger partial charge on any atom is 0.320 e. The average Bonchev–Trinajstić information content (AvgIpc) is 3.19. The molecule has 3 saturated heterocycles. The number of aliphatic carboxylic acids is 1. The number of urea groups is 1. The third kappa shape index (κ3) is 2.24. The molecule has 3 aliphatic heterocycles. The van der Waals surface area contributed by atoms with Crippen molar-refractivity contribution in [1.29, 1.82) is 0 Å². The predicted octanol–water partition coefficient (Wildman–Crippen LogP) is 0.539. The van der Waals surface area contributed by atoms with Crippen LogP contribution >= 0.6 is 0 Å². The quantitative estimate of drug-likeness (QED) is 0.751. The molecule has 2 amide bonds. The van der Waals surface area contributed by atoms with Crippen LogP contribution < -0.4 is 0 Å². The number of carbonyl (C=O) groups is 3. The van der Waals surface area contributed by atoms with Gasteiger partial charge in [0.1, 0.15) is 0 Å². The Labute approximate surface area is 122 Å². The molecule has 0 aromatic heterocycles. The normalized spacial score (nSPS) is 34.3. The second-order valence-electron chi connectivity index (χ2n) is 6.12. The van der Waals surface area contributed by atoms with Crippen molar-refractivity contribution in [3.63, 3.8) is 0 Å². The molecule has 1 N–H and O–H groups in total. The maximum atomic E-state index is 12.6. The lowest BCUT2D eigenvalue weighted by molar-refractivity contribution is -0.145. The Balaban J connectivity index is 1.67. The number of rotatable bonds is 2. The van der Waals surface area contributed by atoms with Gasteiger partial charge in [0.05, 0.1) is 18.9 Å². The Morgan fingerprint density at radius 2 is 1.95 bits per heavy atom. The van der Waals surface area contributed by atoms with Crippen molar-refractivity contribution < 1.29 is 24.2 Å². The largest absolute Gasteiger partial charge is 0.481 e. The van der Waals surface area contributed by atoms with Crippen LogP contribution in [0.1, 0.15) is 25.7 Å². The van der Waals surface area contributed by atoms with Gasteiger partial charge >= 0.3 is 18.0 Å². The van der Waals surface area contributed by atoms with E-state index in [1.165, 1.54) is 7.11 Å². The number of hydrogen-bond donors (Lipinski definition) is 1. The number of carbonyl (C=O) groups excluding carboxylic acids is 2. The smallest absolute Gasteiger partial charge is 0.320 e. The van der Waals surface area contributed by atoms with E-state index in [1.54, 1.807) is 9.80 Å². The van der Waals surface area contributed by atoms with E-state index in [4.69, 9.17) is 4.74 Å². The number of esters is 1. The Morgan fingerprint density at radius 1 is 1.19 bits per heavy atom. The van der Waals surface area contributed by atoms with Crippen molar-refractivity contribution in [3.8, 4) is 0 Å². The lowest BCUT2D eigenvalue weighted by atomic mass is 9.89. The van der Waals surface area contributed by atoms with Crippen LogP contribution in [0.2, 0.25) is 0 Å². The summed E-state index contributed by atoms with van der Waals surface area (Å²) in [5.41, 5.74) is 0. The Hall–Kier alpha value is -1.79. The van der Waals surface area contributed by atoms with Crippen molar-refractivity contribution in [3.05, 3.63) is 0 Å². The molecule has 0 aromatic rings. The first-order valence-corrected chi connectivity index (χ1v) is 7.40. The van der Waals surface area contributed by atoms with E-state index in [0.717, 1.165) is 12.8 Å². The van der Waals surface area contributed by atoms with E-state index in [9.17, 15) is 19.5 Å². The maximum absolute atomic E-state index is 12.6. The van der Waals surface area contributed by atoms with Crippen LogP contribution in [0, 0.1) is 11.8 Å². The molecule has 3 rings (SSSR count). The van der Waals surface area contributed by atoms with Gasteiger partial charge in [-0.2, -0.15) is 0 Å². The highest BCUT2D eigenvalue weighted by atomic mass is 16.5. The van der Waals surface area contributed by atoms with Gasteiger partial charge in [-0.05, 0) is 25.7 Å². The van der Waals surface area contributed by atoms with Gasteiger partial charge in [-0.1, -0.05) is 0 Å². The highest BCUT2D eigenvalue weighted by Gasteiger charge is 2.52. The predicted molar refractivity (Wildman–Crippen MR) is 71.5 cm³/mol. The number of carboxylic acid groups (broad SMARTS) is 1. The number of carboxylic acids is 1. The van der Waals surface area contributed by atoms with E-state index in [1.807, 2.05) is 0 Å². The van der Waals surface area contributed by atoms with Crippen LogP contribution in [-0.2, 0) is 14.3 Å². The van der Waals surface area contributed by atoms with Crippen LogP contribution in [-0.4, -0.2) is 65.2 Å². The summed E-state index contributed by atoms with van der Waals surface area (Å²) in [7, 11) is 1.35. The lowest BCUT2D eigenvalue weighted by Gasteiger charge is -2.28. The summed E-state index contributed by atoms with van der Waals surface area (Å²) in [4.78, 5) is 38.8. The van der Waals surface area contributed by atoms with Gasteiger partial charge in [0.2, 0.25) is 0 Å². The number of nitrogens with zero attached hydrogens (tertiary/aromatic N) is 2. The monoisotopic (exact) mass is 296 g/mol. The summed E-state index contributed by atoms with van der Waals surface area (Å²) in [5.74, 6) is -1.78. The zero-order chi connectivity index (χ0) is 15.1. The standard InChI is InChI=1S/C14H20N2O5/c1-21-13(19)8-4-5-15(7-8)14(20)16-9-2-3-11(16)10(6-9)12(17)18/h8-11H,2-7H2,1H3,(H,17,18). The van der Waals surface area contributed by atoms with E-state index >= 15 is 0 Å². The van der Waals surface area contributed by atoms with Gasteiger partial charge in [-0.3, -0.25) is 9.59 Å². The van der Waals surface area contributed by atoms with Crippen LogP contribution in [0.15, 0.2) is 0 Å². The van der Waals surface area contributed by atoms with Crippen molar-refractivity contribution >= 4 is 18.0 Å². The number of amides is 2. The molecule has 0 aromatic carbocycles. The summed E-state index contributed by atoms with van der Waals surface area (Å²) >= 11 is 0. The molecule has 0 spiro atoms. The molecule has 0 saturated carbocycles. The number of fused-ring (bicyclic) bond motifs is 2. The molecule has 0 radical (unpaired) electrons. The van der Waals surface area contributed by atoms with Crippen molar-refractivity contribution in [1.82, 2.24) is 9.80 Å². The molecule has 116 valence electrons. The van der Waals surface area contributed by atoms with E-state index in [-0.39, 0.29) is 30.0 Å². The molecule has 2 bridgehead atoms. The highest BCUT2D eigenvalue weighted by molar-refractivity contribution is 5.81. The Bertz CT molecular complexity index is 480. The fraction of sp³-hybridized carbons (Fsp3) is 0.786. The summed E-state index contributed by atoms with van der Waals surface area (Å²) in [6.07, 6.45) is 2.82. The van der Waals surface area contributed by atoms with Crippen LogP contribution in [0.5, 0.6) is 0 Å². The molecule has 3 aliphatic rings. The summed E-state index contributed by atoms with van der Waals surface area (Å²) in [5, 5.41) is 9.23. The minimum Gasteiger partial charge on any atom is -0.481 e. The first kappa shape index (κ1) is 14.2. The first-order chi connectivity index (χ1) is 10.0. The molecular weight excluding hydrogens is 276 g/mol. The van der Waals surface area contributed by atoms with E-state index in [2.05, 4.69) is 0 Å². The SMILES string of the molecule is COC(=O)C1CCN(C(=O)N2C3CCC2C(C(=O)O)C3)C1. The topological polar surface area (TPSA) is 87.2 Å². The average molecular weight is 296 g/mol. The number of ether oxygens (including phenoxy) is 1. The van der Waals surface area contributed by atoms with Gasteiger partial charge in [0.25, 0.3) is 0 Å². The molecule has 0 aliphatic carbocycles. The molecule has 3 heterocycles. The van der Waals surface area contributed by atoms with Gasteiger partial charge in [-0.25, -0.2) is 4.79 Å². The van der Waals surface area contributed by atoms with Gasteiger partial charge in [-0.15, -0.1) is 0 Å². The van der Waals surface area contributed by atoms with Crippen LogP contribution in [0.3, 0.4) is 0 Å².